The minimum absolute atomic E-state index is 0.0234. The van der Waals surface area contributed by atoms with Crippen LogP contribution in [0.4, 0.5) is 5.69 Å². The first-order chi connectivity index (χ1) is 16.2. The van der Waals surface area contributed by atoms with Crippen LogP contribution >= 0.6 is 0 Å². The molecule has 186 valence electrons. The Morgan fingerprint density at radius 1 is 1.26 bits per heavy atom. The van der Waals surface area contributed by atoms with E-state index in [1.54, 1.807) is 19.2 Å². The number of aryl methyl sites for hydroxylation is 1. The number of hydrogen-bond donors (Lipinski definition) is 4. The highest BCUT2D eigenvalue weighted by atomic mass is 32.2. The Morgan fingerprint density at radius 3 is 2.59 bits per heavy atom. The molecular formula is C24H36N6O3S. The first kappa shape index (κ1) is 26.1. The lowest BCUT2D eigenvalue weighted by Crippen LogP contribution is -2.42. The Morgan fingerprint density at radius 2 is 1.97 bits per heavy atom. The van der Waals surface area contributed by atoms with Crippen LogP contribution in [0, 0.1) is 5.41 Å². The molecular weight excluding hydrogens is 452 g/mol. The Kier molecular flexibility index (Phi) is 8.62. The van der Waals surface area contributed by atoms with E-state index in [1.807, 2.05) is 13.0 Å². The summed E-state index contributed by atoms with van der Waals surface area (Å²) in [5.74, 6) is 0.281. The molecule has 9 nitrogen and oxygen atoms in total. The molecule has 0 unspecified atom stereocenters. The quantitative estimate of drug-likeness (QED) is 0.378. The van der Waals surface area contributed by atoms with E-state index in [4.69, 9.17) is 11.1 Å². The predicted molar refractivity (Wildman–Crippen MR) is 136 cm³/mol. The van der Waals surface area contributed by atoms with Gasteiger partial charge in [0.25, 0.3) is 5.56 Å². The number of sulfonamides is 1. The van der Waals surface area contributed by atoms with Crippen molar-refractivity contribution in [1.29, 1.82) is 5.41 Å². The fourth-order valence-corrected chi connectivity index (χ4v) is 5.70. The van der Waals surface area contributed by atoms with Crippen LogP contribution in [0.5, 0.6) is 0 Å². The smallest absolute Gasteiger partial charge is 0.275 e. The van der Waals surface area contributed by atoms with Gasteiger partial charge in [-0.05, 0) is 49.8 Å². The number of H-pyrrole nitrogens is 1. The van der Waals surface area contributed by atoms with Gasteiger partial charge in [0, 0.05) is 31.7 Å². The lowest BCUT2D eigenvalue weighted by Gasteiger charge is -2.29. The number of nitrogens with two attached hydrogens (primary N) is 1. The number of benzene rings is 1. The minimum Gasteiger partial charge on any atom is -0.382 e. The van der Waals surface area contributed by atoms with Crippen molar-refractivity contribution in [3.05, 3.63) is 39.8 Å². The maximum Gasteiger partial charge on any atom is 0.275 e. The van der Waals surface area contributed by atoms with E-state index in [0.29, 0.717) is 43.6 Å². The topological polar surface area (TPSA) is 145 Å². The predicted octanol–water partition coefficient (Wildman–Crippen LogP) is 3.10. The molecule has 3 rings (SSSR count). The van der Waals surface area contributed by atoms with Crippen molar-refractivity contribution in [3.63, 3.8) is 0 Å². The Balaban J connectivity index is 2.14. The van der Waals surface area contributed by atoms with Crippen LogP contribution in [-0.2, 0) is 16.4 Å². The van der Waals surface area contributed by atoms with Gasteiger partial charge in [0.2, 0.25) is 10.0 Å². The molecule has 34 heavy (non-hydrogen) atoms. The summed E-state index contributed by atoms with van der Waals surface area (Å²) in [6.45, 7) is 4.83. The van der Waals surface area contributed by atoms with Crippen LogP contribution in [-0.4, -0.2) is 54.6 Å². The molecule has 0 radical (unpaired) electrons. The highest BCUT2D eigenvalue weighted by Crippen LogP contribution is 2.29. The lowest BCUT2D eigenvalue weighted by molar-refractivity contribution is 0.320. The molecule has 1 aliphatic heterocycles. The molecule has 0 saturated carbocycles. The van der Waals surface area contributed by atoms with E-state index < -0.39 is 10.0 Å². The molecule has 2 aromatic rings. The van der Waals surface area contributed by atoms with Crippen LogP contribution < -0.4 is 16.6 Å². The van der Waals surface area contributed by atoms with E-state index in [1.165, 1.54) is 4.31 Å². The summed E-state index contributed by atoms with van der Waals surface area (Å²) in [5, 5.41) is 11.3. The summed E-state index contributed by atoms with van der Waals surface area (Å²) in [6.07, 6.45) is 5.11. The first-order valence-electron chi connectivity index (χ1n) is 12.0. The molecule has 1 aliphatic rings. The average molecular weight is 489 g/mol. The fraction of sp³-hybridized carbons (Fsp3) is 0.542. The molecule has 5 N–H and O–H groups in total. The summed E-state index contributed by atoms with van der Waals surface area (Å²) in [4.78, 5) is 20.5. The minimum atomic E-state index is -3.71. The van der Waals surface area contributed by atoms with Crippen molar-refractivity contribution in [2.75, 3.05) is 25.5 Å². The molecule has 0 amide bonds. The zero-order chi connectivity index (χ0) is 24.9. The third-order valence-corrected chi connectivity index (χ3v) is 8.12. The number of nitrogens with one attached hydrogen (secondary N) is 3. The van der Waals surface area contributed by atoms with Crippen molar-refractivity contribution in [2.24, 2.45) is 5.73 Å². The largest absolute Gasteiger partial charge is 0.382 e. The highest BCUT2D eigenvalue weighted by Gasteiger charge is 2.29. The van der Waals surface area contributed by atoms with Gasteiger partial charge >= 0.3 is 0 Å². The van der Waals surface area contributed by atoms with Crippen LogP contribution in [0.15, 0.2) is 27.9 Å². The number of hydrogen-bond acceptors (Lipinski definition) is 7. The third kappa shape index (κ3) is 5.56. The monoisotopic (exact) mass is 488 g/mol. The second-order valence-corrected chi connectivity index (χ2v) is 10.7. The van der Waals surface area contributed by atoms with Crippen molar-refractivity contribution in [3.8, 4) is 11.4 Å². The third-order valence-electron chi connectivity index (χ3n) is 6.23. The van der Waals surface area contributed by atoms with Gasteiger partial charge in [0.05, 0.1) is 10.6 Å². The van der Waals surface area contributed by atoms with Gasteiger partial charge in [-0.1, -0.05) is 32.8 Å². The Labute approximate surface area is 201 Å². The van der Waals surface area contributed by atoms with Gasteiger partial charge in [0.1, 0.15) is 17.2 Å². The standard InChI is InChI=1S/C24H36N6O3S/c1-4-6-8-16-9-10-18(34(32,33)30-13-11-17(25)12-14-30)15-19(16)23-28-21(20(26)7-5-2)22(27-3)24(31)29-23/h9-10,15,17,26-27H,4-8,11-14,25H2,1-3H3,(H,28,29,31). The number of anilines is 1. The zero-order valence-corrected chi connectivity index (χ0v) is 21.1. The first-order valence-corrected chi connectivity index (χ1v) is 13.5. The molecule has 0 aliphatic carbocycles. The van der Waals surface area contributed by atoms with E-state index in [-0.39, 0.29) is 33.7 Å². The maximum atomic E-state index is 13.4. The SMILES string of the molecule is CCCCc1ccc(S(=O)(=O)N2CCC(N)CC2)cc1-c1nc(C(=N)CCC)c(NC)c(=O)[nH]1. The van der Waals surface area contributed by atoms with Crippen molar-refractivity contribution < 1.29 is 8.42 Å². The second kappa shape index (κ2) is 11.2. The summed E-state index contributed by atoms with van der Waals surface area (Å²) in [7, 11) is -2.08. The van der Waals surface area contributed by atoms with Crippen LogP contribution in [0.25, 0.3) is 11.4 Å². The van der Waals surface area contributed by atoms with Crippen LogP contribution in [0.2, 0.25) is 0 Å². The highest BCUT2D eigenvalue weighted by molar-refractivity contribution is 7.89. The molecule has 1 fully saturated rings. The van der Waals surface area contributed by atoms with Crippen molar-refractivity contribution in [1.82, 2.24) is 14.3 Å². The molecule has 1 aromatic heterocycles. The van der Waals surface area contributed by atoms with E-state index in [0.717, 1.165) is 31.2 Å². The lowest BCUT2D eigenvalue weighted by atomic mass is 10.0. The molecule has 1 aromatic carbocycles. The maximum absolute atomic E-state index is 13.4. The molecule has 0 atom stereocenters. The number of aromatic nitrogens is 2. The summed E-state index contributed by atoms with van der Waals surface area (Å²) >= 11 is 0. The Bertz CT molecular complexity index is 1180. The second-order valence-electron chi connectivity index (χ2n) is 8.78. The van der Waals surface area contributed by atoms with E-state index in [9.17, 15) is 13.2 Å². The van der Waals surface area contributed by atoms with Gasteiger partial charge in [0.15, 0.2) is 0 Å². The number of piperidine rings is 1. The molecule has 0 bridgehead atoms. The van der Waals surface area contributed by atoms with Gasteiger partial charge in [-0.25, -0.2) is 13.4 Å². The van der Waals surface area contributed by atoms with Gasteiger partial charge in [-0.15, -0.1) is 0 Å². The average Bonchev–Trinajstić information content (AvgIpc) is 2.82. The zero-order valence-electron chi connectivity index (χ0n) is 20.3. The number of nitrogens with zero attached hydrogens (tertiary/aromatic N) is 2. The molecule has 0 spiro atoms. The summed E-state index contributed by atoms with van der Waals surface area (Å²) in [6, 6.07) is 5.09. The normalized spacial score (nSPS) is 15.4. The number of rotatable bonds is 10. The fourth-order valence-electron chi connectivity index (χ4n) is 4.21. The molecule has 1 saturated heterocycles. The molecule has 2 heterocycles. The molecule has 10 heteroatoms. The Hall–Kier alpha value is -2.56. The van der Waals surface area contributed by atoms with Gasteiger partial charge in [-0.3, -0.25) is 4.79 Å². The number of aromatic amines is 1. The van der Waals surface area contributed by atoms with Gasteiger partial charge in [-0.2, -0.15) is 4.31 Å². The van der Waals surface area contributed by atoms with Gasteiger partial charge < -0.3 is 21.4 Å². The number of unbranched alkanes of at least 4 members (excludes halogenated alkanes) is 1. The van der Waals surface area contributed by atoms with E-state index >= 15 is 0 Å². The van der Waals surface area contributed by atoms with Crippen LogP contribution in [0.3, 0.4) is 0 Å². The van der Waals surface area contributed by atoms with E-state index in [2.05, 4.69) is 22.2 Å². The van der Waals surface area contributed by atoms with Crippen LogP contribution in [0.1, 0.15) is 63.6 Å². The van der Waals surface area contributed by atoms with Crippen molar-refractivity contribution >= 4 is 21.4 Å². The summed E-state index contributed by atoms with van der Waals surface area (Å²) in [5.41, 5.74) is 7.86. The summed E-state index contributed by atoms with van der Waals surface area (Å²) < 4.78 is 28.2. The van der Waals surface area contributed by atoms with Crippen molar-refractivity contribution in [2.45, 2.75) is 69.7 Å².